The highest BCUT2D eigenvalue weighted by molar-refractivity contribution is 5.38. The van der Waals surface area contributed by atoms with Gasteiger partial charge in [-0.2, -0.15) is 5.26 Å². The summed E-state index contributed by atoms with van der Waals surface area (Å²) in [5, 5.41) is 18.9. The van der Waals surface area contributed by atoms with Crippen molar-refractivity contribution >= 4 is 0 Å². The number of nitriles is 1. The van der Waals surface area contributed by atoms with Crippen molar-refractivity contribution in [3.05, 3.63) is 59.2 Å². The Labute approximate surface area is 117 Å². The van der Waals surface area contributed by atoms with Crippen LogP contribution in [0.15, 0.2) is 36.7 Å². The maximum Gasteiger partial charge on any atom is 0.123 e. The van der Waals surface area contributed by atoms with E-state index >= 15 is 0 Å². The number of hydrogen-bond donors (Lipinski definition) is 1. The van der Waals surface area contributed by atoms with E-state index in [9.17, 15) is 9.50 Å². The van der Waals surface area contributed by atoms with Crippen LogP contribution in [0.2, 0.25) is 0 Å². The Bertz CT molecular complexity index is 628. The summed E-state index contributed by atoms with van der Waals surface area (Å²) in [4.78, 5) is 0. The van der Waals surface area contributed by atoms with Gasteiger partial charge in [0.1, 0.15) is 5.82 Å². The van der Waals surface area contributed by atoms with Crippen LogP contribution in [0.3, 0.4) is 0 Å². The Hall–Kier alpha value is -2.12. The average molecular weight is 272 g/mol. The van der Waals surface area contributed by atoms with E-state index in [4.69, 9.17) is 5.26 Å². The normalized spacial score (nSPS) is 12.1. The minimum Gasteiger partial charge on any atom is -0.388 e. The molecule has 1 heterocycles. The van der Waals surface area contributed by atoms with Gasteiger partial charge in [0.05, 0.1) is 17.7 Å². The van der Waals surface area contributed by atoms with Gasteiger partial charge in [-0.3, -0.25) is 0 Å². The molecule has 1 N–H and O–H groups in total. The van der Waals surface area contributed by atoms with Gasteiger partial charge in [0.15, 0.2) is 0 Å². The average Bonchev–Trinajstić information content (AvgIpc) is 2.88. The summed E-state index contributed by atoms with van der Waals surface area (Å²) in [7, 11) is 0. The Kier molecular flexibility index (Phi) is 4.54. The second-order valence-electron chi connectivity index (χ2n) is 4.83. The first-order chi connectivity index (χ1) is 9.63. The highest BCUT2D eigenvalue weighted by Crippen LogP contribution is 2.19. The molecule has 0 aliphatic rings. The summed E-state index contributed by atoms with van der Waals surface area (Å²) in [6, 6.07) is 8.07. The van der Waals surface area contributed by atoms with Crippen LogP contribution in [-0.4, -0.2) is 9.67 Å². The van der Waals surface area contributed by atoms with Gasteiger partial charge >= 0.3 is 0 Å². The number of nitrogens with zero attached hydrogens (tertiary/aromatic N) is 2. The quantitative estimate of drug-likeness (QED) is 0.907. The van der Waals surface area contributed by atoms with Gasteiger partial charge in [-0.15, -0.1) is 0 Å². The Morgan fingerprint density at radius 1 is 1.40 bits per heavy atom. The third-order valence-corrected chi connectivity index (χ3v) is 3.26. The highest BCUT2D eigenvalue weighted by atomic mass is 19.1. The molecule has 0 saturated heterocycles. The first-order valence-corrected chi connectivity index (χ1v) is 6.66. The maximum absolute atomic E-state index is 13.3. The molecule has 0 saturated carbocycles. The third-order valence-electron chi connectivity index (χ3n) is 3.26. The molecule has 0 aliphatic heterocycles. The Balaban J connectivity index is 2.19. The molecule has 4 heteroatoms. The van der Waals surface area contributed by atoms with Gasteiger partial charge in [-0.25, -0.2) is 4.39 Å². The standard InChI is InChI=1S/C16H17FN2O/c1-2-3-16(20)13-6-7-19(10-13)11-14-8-15(17)5-4-12(14)9-18/h4-8,10,16,20H,2-3,11H2,1H3. The molecule has 1 aromatic carbocycles. The zero-order chi connectivity index (χ0) is 14.5. The molecule has 1 aromatic heterocycles. The molecule has 0 amide bonds. The van der Waals surface area contributed by atoms with Crippen molar-refractivity contribution < 1.29 is 9.50 Å². The molecular formula is C16H17FN2O. The van der Waals surface area contributed by atoms with E-state index in [1.54, 1.807) is 0 Å². The molecular weight excluding hydrogens is 255 g/mol. The fraction of sp³-hybridized carbons (Fsp3) is 0.312. The van der Waals surface area contributed by atoms with Gasteiger partial charge in [0, 0.05) is 18.9 Å². The zero-order valence-corrected chi connectivity index (χ0v) is 11.4. The molecule has 1 unspecified atom stereocenters. The van der Waals surface area contributed by atoms with Crippen molar-refractivity contribution in [1.29, 1.82) is 5.26 Å². The molecule has 0 radical (unpaired) electrons. The number of aromatic nitrogens is 1. The number of hydrogen-bond acceptors (Lipinski definition) is 2. The van der Waals surface area contributed by atoms with E-state index < -0.39 is 6.10 Å². The molecule has 3 nitrogen and oxygen atoms in total. The fourth-order valence-electron chi connectivity index (χ4n) is 2.19. The van der Waals surface area contributed by atoms with Crippen molar-refractivity contribution in [3.8, 4) is 6.07 Å². The van der Waals surface area contributed by atoms with Gasteiger partial charge in [-0.1, -0.05) is 13.3 Å². The van der Waals surface area contributed by atoms with E-state index in [1.807, 2.05) is 30.0 Å². The topological polar surface area (TPSA) is 49.0 Å². The van der Waals surface area contributed by atoms with Crippen LogP contribution in [0.25, 0.3) is 0 Å². The Morgan fingerprint density at radius 2 is 2.20 bits per heavy atom. The Morgan fingerprint density at radius 3 is 2.90 bits per heavy atom. The summed E-state index contributed by atoms with van der Waals surface area (Å²) in [6.45, 7) is 2.44. The van der Waals surface area contributed by atoms with Crippen molar-refractivity contribution in [3.63, 3.8) is 0 Å². The minimum atomic E-state index is -0.468. The van der Waals surface area contributed by atoms with Crippen LogP contribution < -0.4 is 0 Å². The fourth-order valence-corrected chi connectivity index (χ4v) is 2.19. The van der Waals surface area contributed by atoms with Crippen LogP contribution in [0, 0.1) is 17.1 Å². The third kappa shape index (κ3) is 3.25. The minimum absolute atomic E-state index is 0.350. The number of aliphatic hydroxyl groups is 1. The lowest BCUT2D eigenvalue weighted by atomic mass is 10.1. The van der Waals surface area contributed by atoms with Crippen LogP contribution in [0.5, 0.6) is 0 Å². The number of halogens is 1. The molecule has 0 spiro atoms. The summed E-state index contributed by atoms with van der Waals surface area (Å²) >= 11 is 0. The highest BCUT2D eigenvalue weighted by Gasteiger charge is 2.09. The van der Waals surface area contributed by atoms with Gasteiger partial charge in [0.2, 0.25) is 0 Å². The SMILES string of the molecule is CCCC(O)c1ccn(Cc2cc(F)ccc2C#N)c1. The van der Waals surface area contributed by atoms with Crippen molar-refractivity contribution in [2.45, 2.75) is 32.4 Å². The summed E-state index contributed by atoms with van der Waals surface area (Å²) < 4.78 is 15.1. The molecule has 2 aromatic rings. The molecule has 0 fully saturated rings. The summed E-state index contributed by atoms with van der Waals surface area (Å²) in [6.07, 6.45) is 4.83. The lowest BCUT2D eigenvalue weighted by molar-refractivity contribution is 0.166. The molecule has 1 atom stereocenters. The maximum atomic E-state index is 13.3. The lowest BCUT2D eigenvalue weighted by Gasteiger charge is -2.08. The predicted molar refractivity (Wildman–Crippen MR) is 74.5 cm³/mol. The first kappa shape index (κ1) is 14.3. The first-order valence-electron chi connectivity index (χ1n) is 6.66. The van der Waals surface area contributed by atoms with E-state index in [2.05, 4.69) is 6.07 Å². The van der Waals surface area contributed by atoms with E-state index in [-0.39, 0.29) is 5.82 Å². The zero-order valence-electron chi connectivity index (χ0n) is 11.4. The van der Waals surface area contributed by atoms with E-state index in [0.29, 0.717) is 24.1 Å². The largest absolute Gasteiger partial charge is 0.388 e. The van der Waals surface area contributed by atoms with E-state index in [0.717, 1.165) is 12.0 Å². The summed E-state index contributed by atoms with van der Waals surface area (Å²) in [5.41, 5.74) is 1.96. The summed E-state index contributed by atoms with van der Waals surface area (Å²) in [5.74, 6) is -0.350. The predicted octanol–water partition coefficient (Wildman–Crippen LogP) is 3.38. The molecule has 0 bridgehead atoms. The van der Waals surface area contributed by atoms with Crippen LogP contribution >= 0.6 is 0 Å². The lowest BCUT2D eigenvalue weighted by Crippen LogP contribution is -2.01. The monoisotopic (exact) mass is 272 g/mol. The number of benzene rings is 1. The van der Waals surface area contributed by atoms with Crippen molar-refractivity contribution in [2.75, 3.05) is 0 Å². The van der Waals surface area contributed by atoms with Crippen LogP contribution in [0.4, 0.5) is 4.39 Å². The second kappa shape index (κ2) is 6.36. The van der Waals surface area contributed by atoms with Gasteiger partial charge < -0.3 is 9.67 Å². The molecule has 2 rings (SSSR count). The van der Waals surface area contributed by atoms with E-state index in [1.165, 1.54) is 18.2 Å². The van der Waals surface area contributed by atoms with Crippen molar-refractivity contribution in [1.82, 2.24) is 4.57 Å². The second-order valence-corrected chi connectivity index (χ2v) is 4.83. The number of aliphatic hydroxyl groups excluding tert-OH is 1. The van der Waals surface area contributed by atoms with Gasteiger partial charge in [-0.05, 0) is 41.8 Å². The molecule has 0 aliphatic carbocycles. The van der Waals surface area contributed by atoms with Crippen LogP contribution in [-0.2, 0) is 6.54 Å². The smallest absolute Gasteiger partial charge is 0.123 e. The van der Waals surface area contributed by atoms with Crippen molar-refractivity contribution in [2.24, 2.45) is 0 Å². The molecule has 104 valence electrons. The molecule has 20 heavy (non-hydrogen) atoms. The number of rotatable bonds is 5. The van der Waals surface area contributed by atoms with Gasteiger partial charge in [0.25, 0.3) is 0 Å². The van der Waals surface area contributed by atoms with Crippen LogP contribution in [0.1, 0.15) is 42.6 Å².